The first-order chi connectivity index (χ1) is 17.4. The second-order valence-electron chi connectivity index (χ2n) is 12.8. The predicted molar refractivity (Wildman–Crippen MR) is 159 cm³/mol. The van der Waals surface area contributed by atoms with Crippen LogP contribution in [0.15, 0.2) is 0 Å². The summed E-state index contributed by atoms with van der Waals surface area (Å²) in [5.41, 5.74) is 0. The molecule has 0 aromatic carbocycles. The van der Waals surface area contributed by atoms with Gasteiger partial charge in [0, 0.05) is 16.1 Å². The number of rotatable bonds is 13. The van der Waals surface area contributed by atoms with Gasteiger partial charge in [-0.25, -0.2) is 30.1 Å². The minimum atomic E-state index is -1.55. The van der Waals surface area contributed by atoms with Crippen molar-refractivity contribution in [2.24, 2.45) is 5.92 Å². The molecule has 0 amide bonds. The summed E-state index contributed by atoms with van der Waals surface area (Å²) in [7, 11) is -2.16. The molecule has 2 aliphatic rings. The lowest BCUT2D eigenvalue weighted by Gasteiger charge is -2.48. The molecular formula is C25H54O10S3. The molecule has 0 saturated carbocycles. The van der Waals surface area contributed by atoms with Crippen LogP contribution < -0.4 is 0 Å². The van der Waals surface area contributed by atoms with Gasteiger partial charge in [-0.3, -0.25) is 0 Å². The Morgan fingerprint density at radius 1 is 0.632 bits per heavy atom. The third kappa shape index (κ3) is 9.88. The maximum atomic E-state index is 10.9. The fourth-order valence-corrected chi connectivity index (χ4v) is 22.0. The van der Waals surface area contributed by atoms with Crippen molar-refractivity contribution in [3.8, 4) is 0 Å². The first-order valence-corrected chi connectivity index (χ1v) is 21.6. The third-order valence-electron chi connectivity index (χ3n) is 6.87. The van der Waals surface area contributed by atoms with Crippen molar-refractivity contribution in [2.75, 3.05) is 79.5 Å². The molecule has 2 rings (SSSR count). The van der Waals surface area contributed by atoms with E-state index in [1.165, 1.54) is 10.2 Å². The Hall–Kier alpha value is 0.650. The zero-order valence-corrected chi connectivity index (χ0v) is 26.5. The molecule has 0 unspecified atom stereocenters. The monoisotopic (exact) mass is 610 g/mol. The van der Waals surface area contributed by atoms with E-state index in [9.17, 15) is 35.7 Å². The summed E-state index contributed by atoms with van der Waals surface area (Å²) in [6.45, 7) is -0.676. The van der Waals surface area contributed by atoms with Gasteiger partial charge in [0.1, 0.15) is 30.5 Å². The highest BCUT2D eigenvalue weighted by Gasteiger charge is 2.49. The van der Waals surface area contributed by atoms with Crippen LogP contribution in [-0.4, -0.2) is 170 Å². The smallest absolute Gasteiger partial charge is 0.186 e. The lowest BCUT2D eigenvalue weighted by atomic mass is 9.81. The van der Waals surface area contributed by atoms with Crippen LogP contribution in [0.3, 0.4) is 0 Å². The summed E-state index contributed by atoms with van der Waals surface area (Å²) in [4.78, 5) is 0. The largest absolute Gasteiger partial charge is 0.394 e. The van der Waals surface area contributed by atoms with Crippen LogP contribution in [0.2, 0.25) is 0 Å². The van der Waals surface area contributed by atoms with Gasteiger partial charge in [0.2, 0.25) is 0 Å². The summed E-state index contributed by atoms with van der Waals surface area (Å²) < 4.78 is 17.3. The molecule has 0 spiro atoms. The molecular weight excluding hydrogens is 556 g/mol. The Kier molecular flexibility index (Phi) is 13.0. The first kappa shape index (κ1) is 34.8. The van der Waals surface area contributed by atoms with E-state index in [0.29, 0.717) is 6.61 Å². The first-order valence-electron chi connectivity index (χ1n) is 13.0. The standard InChI is InChI=1S/C25H54O10S3/c1-36(2,3)14-38(7,15-37(4,5)6)10-8-9-33-25-24(32)20(28)16(18(12-26)35-25)11-17-21(29)23(31)22(30)19(13-27)34-17/h16-32H,8-15H2,1-7H3/t16-,17-,18-,19-,20+,21+,22-,23-,24-,25-/m1/s1. The maximum Gasteiger partial charge on any atom is 0.186 e. The Labute approximate surface area is 233 Å². The van der Waals surface area contributed by atoms with Crippen LogP contribution in [0, 0.1) is 5.92 Å². The van der Waals surface area contributed by atoms with Crippen molar-refractivity contribution >= 4 is 30.1 Å². The van der Waals surface area contributed by atoms with E-state index in [1.807, 2.05) is 0 Å². The minimum absolute atomic E-state index is 0.0798. The van der Waals surface area contributed by atoms with Crippen LogP contribution in [0.25, 0.3) is 0 Å². The maximum absolute atomic E-state index is 10.9. The Morgan fingerprint density at radius 3 is 1.66 bits per heavy atom. The molecule has 0 radical (unpaired) electrons. The molecule has 2 heterocycles. The average Bonchev–Trinajstić information content (AvgIpc) is 2.78. The minimum Gasteiger partial charge on any atom is -0.394 e. The summed E-state index contributed by atoms with van der Waals surface area (Å²) in [5, 5.41) is 74.0. The summed E-state index contributed by atoms with van der Waals surface area (Å²) in [6, 6.07) is 0. The van der Waals surface area contributed by atoms with Gasteiger partial charge in [0.05, 0.1) is 38.1 Å². The van der Waals surface area contributed by atoms with Crippen LogP contribution >= 0.6 is 30.1 Å². The predicted octanol–water partition coefficient (Wildman–Crippen LogP) is -0.582. The quantitative estimate of drug-likeness (QED) is 0.134. The number of aliphatic hydroxyl groups is 7. The third-order valence-corrected chi connectivity index (χ3v) is 18.4. The fraction of sp³-hybridized carbons (Fsp3) is 1.00. The average molecular weight is 611 g/mol. The van der Waals surface area contributed by atoms with Gasteiger partial charge >= 0.3 is 0 Å². The van der Waals surface area contributed by atoms with Gasteiger partial charge in [0.25, 0.3) is 0 Å². The summed E-state index contributed by atoms with van der Waals surface area (Å²) in [5.74, 6) is 0.212. The molecule has 2 fully saturated rings. The molecule has 2 aliphatic heterocycles. The molecule has 232 valence electrons. The molecule has 0 aromatic rings. The topological polar surface area (TPSA) is 169 Å². The summed E-state index contributed by atoms with van der Waals surface area (Å²) in [6.07, 6.45) is 5.90. The van der Waals surface area contributed by atoms with Crippen molar-refractivity contribution < 1.29 is 50.0 Å². The molecule has 10 atom stereocenters. The van der Waals surface area contributed by atoms with Crippen LogP contribution in [-0.2, 0) is 14.2 Å². The van der Waals surface area contributed by atoms with Crippen LogP contribution in [0.5, 0.6) is 0 Å². The molecule has 38 heavy (non-hydrogen) atoms. The van der Waals surface area contributed by atoms with Gasteiger partial charge in [-0.15, -0.1) is 0 Å². The van der Waals surface area contributed by atoms with Crippen molar-refractivity contribution in [3.05, 3.63) is 0 Å². The molecule has 0 bridgehead atoms. The molecule has 7 N–H and O–H groups in total. The highest BCUT2D eigenvalue weighted by atomic mass is 32.3. The van der Waals surface area contributed by atoms with Gasteiger partial charge in [-0.2, -0.15) is 0 Å². The van der Waals surface area contributed by atoms with E-state index in [2.05, 4.69) is 43.8 Å². The van der Waals surface area contributed by atoms with E-state index >= 15 is 0 Å². The molecule has 13 heteroatoms. The lowest BCUT2D eigenvalue weighted by molar-refractivity contribution is -0.299. The van der Waals surface area contributed by atoms with Gasteiger partial charge in [-0.1, -0.05) is 0 Å². The Morgan fingerprint density at radius 2 is 1.16 bits per heavy atom. The van der Waals surface area contributed by atoms with Gasteiger partial charge in [-0.05, 0) is 62.4 Å². The van der Waals surface area contributed by atoms with Crippen molar-refractivity contribution in [1.29, 1.82) is 0 Å². The van der Waals surface area contributed by atoms with Crippen LogP contribution in [0.1, 0.15) is 12.8 Å². The normalized spacial score (nSPS) is 38.7. The van der Waals surface area contributed by atoms with Gasteiger partial charge in [0.15, 0.2) is 6.29 Å². The van der Waals surface area contributed by atoms with Crippen molar-refractivity contribution in [1.82, 2.24) is 0 Å². The zero-order chi connectivity index (χ0) is 29.1. The van der Waals surface area contributed by atoms with Crippen LogP contribution in [0.4, 0.5) is 0 Å². The van der Waals surface area contributed by atoms with Crippen molar-refractivity contribution in [3.63, 3.8) is 0 Å². The van der Waals surface area contributed by atoms with E-state index in [1.54, 1.807) is 0 Å². The molecule has 10 nitrogen and oxygen atoms in total. The second-order valence-corrected chi connectivity index (χ2v) is 26.4. The molecule has 0 aliphatic carbocycles. The van der Waals surface area contributed by atoms with Crippen molar-refractivity contribution in [2.45, 2.75) is 68.0 Å². The Bertz CT molecular complexity index is 698. The highest BCUT2D eigenvalue weighted by Crippen LogP contribution is 2.62. The molecule has 2 saturated heterocycles. The number of ether oxygens (including phenoxy) is 3. The highest BCUT2D eigenvalue weighted by molar-refractivity contribution is 8.54. The summed E-state index contributed by atoms with van der Waals surface area (Å²) >= 11 is 0. The van der Waals surface area contributed by atoms with E-state index < -0.39 is 104 Å². The fourth-order valence-electron chi connectivity index (χ4n) is 5.70. The lowest BCUT2D eigenvalue weighted by Crippen LogP contribution is -2.61. The van der Waals surface area contributed by atoms with E-state index in [4.69, 9.17) is 14.2 Å². The SMILES string of the molecule is CS(C)(C)CS(C)(CCCO[C@@H]1O[C@H](CO)[C@@H](C[C@H]2O[C@H](CO)[C@@H](O)[C@H](O)[C@H]2O)[C@H](O)[C@H]1O)CS(C)(C)C. The van der Waals surface area contributed by atoms with E-state index in [0.717, 1.165) is 12.2 Å². The number of aliphatic hydroxyl groups excluding tert-OH is 7. The van der Waals surface area contributed by atoms with E-state index in [-0.39, 0.29) is 6.42 Å². The second kappa shape index (κ2) is 14.2. The Balaban J connectivity index is 1.98. The van der Waals surface area contributed by atoms with Gasteiger partial charge < -0.3 is 50.0 Å². The number of hydrogen-bond acceptors (Lipinski definition) is 10. The zero-order valence-electron chi connectivity index (χ0n) is 24.0. The number of hydrogen-bond donors (Lipinski definition) is 7. The molecule has 0 aromatic heterocycles.